The molecule has 1 aromatic heterocycles. The third-order valence-corrected chi connectivity index (χ3v) is 3.55. The first-order valence-electron chi connectivity index (χ1n) is 4.28. The van der Waals surface area contributed by atoms with Gasteiger partial charge in [0, 0.05) is 27.9 Å². The van der Waals surface area contributed by atoms with E-state index >= 15 is 0 Å². The van der Waals surface area contributed by atoms with Crippen LogP contribution in [-0.2, 0) is 6.42 Å². The van der Waals surface area contributed by atoms with Crippen LogP contribution in [-0.4, -0.2) is 32.2 Å². The van der Waals surface area contributed by atoms with E-state index in [4.69, 9.17) is 0 Å². The monoisotopic (exact) mass is 262 g/mol. The Morgan fingerprint density at radius 2 is 2.38 bits per heavy atom. The topological polar surface area (TPSA) is 15.3 Å². The van der Waals surface area contributed by atoms with E-state index in [1.165, 1.54) is 9.35 Å². The van der Waals surface area contributed by atoms with E-state index in [0.717, 1.165) is 19.6 Å². The minimum atomic E-state index is 0.951. The fraction of sp³-hybridized carbons (Fsp3) is 0.556. The van der Waals surface area contributed by atoms with Crippen LogP contribution in [0.1, 0.15) is 4.88 Å². The zero-order valence-electron chi connectivity index (χ0n) is 8.01. The molecule has 4 heteroatoms. The van der Waals surface area contributed by atoms with Gasteiger partial charge in [-0.25, -0.2) is 0 Å². The lowest BCUT2D eigenvalue weighted by Gasteiger charge is -2.14. The first-order chi connectivity index (χ1) is 6.22. The second-order valence-corrected chi connectivity index (χ2v) is 4.98. The van der Waals surface area contributed by atoms with Gasteiger partial charge in [-0.3, -0.25) is 4.90 Å². The smallest absolute Gasteiger partial charge is 0.0475 e. The van der Waals surface area contributed by atoms with Gasteiger partial charge in [0.05, 0.1) is 0 Å². The van der Waals surface area contributed by atoms with Crippen LogP contribution < -0.4 is 5.32 Å². The van der Waals surface area contributed by atoms with Crippen LogP contribution in [0.15, 0.2) is 15.9 Å². The zero-order valence-corrected chi connectivity index (χ0v) is 10.4. The van der Waals surface area contributed by atoms with E-state index in [2.05, 4.69) is 44.6 Å². The Bertz CT molecular complexity index is 250. The molecule has 1 heterocycles. The van der Waals surface area contributed by atoms with Crippen LogP contribution in [0.5, 0.6) is 0 Å². The molecule has 0 aromatic carbocycles. The Hall–Kier alpha value is 0.1000. The fourth-order valence-electron chi connectivity index (χ4n) is 1.13. The highest BCUT2D eigenvalue weighted by molar-refractivity contribution is 9.10. The molecular formula is C9H15BrN2S. The van der Waals surface area contributed by atoms with Gasteiger partial charge in [0.1, 0.15) is 0 Å². The second kappa shape index (κ2) is 5.75. The number of thiophene rings is 1. The van der Waals surface area contributed by atoms with E-state index in [0.29, 0.717) is 0 Å². The van der Waals surface area contributed by atoms with Crippen molar-refractivity contribution in [2.45, 2.75) is 6.42 Å². The van der Waals surface area contributed by atoms with Crippen molar-refractivity contribution in [1.82, 2.24) is 10.2 Å². The molecule has 0 fully saturated rings. The molecule has 0 spiro atoms. The molecule has 0 aliphatic carbocycles. The summed E-state index contributed by atoms with van der Waals surface area (Å²) in [5.74, 6) is 0. The van der Waals surface area contributed by atoms with E-state index in [1.807, 2.05) is 18.4 Å². The van der Waals surface area contributed by atoms with E-state index in [-0.39, 0.29) is 0 Å². The van der Waals surface area contributed by atoms with Crippen LogP contribution in [0.2, 0.25) is 0 Å². The zero-order chi connectivity index (χ0) is 9.68. The molecule has 0 bridgehead atoms. The predicted molar refractivity (Wildman–Crippen MR) is 62.3 cm³/mol. The van der Waals surface area contributed by atoms with Crippen molar-refractivity contribution in [3.8, 4) is 0 Å². The summed E-state index contributed by atoms with van der Waals surface area (Å²) in [5, 5.41) is 5.26. The molecule has 0 atom stereocenters. The predicted octanol–water partition coefficient (Wildman–Crippen LogP) is 2.16. The average molecular weight is 263 g/mol. The van der Waals surface area contributed by atoms with E-state index < -0.39 is 0 Å². The van der Waals surface area contributed by atoms with E-state index in [1.54, 1.807) is 0 Å². The number of nitrogens with one attached hydrogen (secondary N) is 1. The number of hydrogen-bond acceptors (Lipinski definition) is 3. The highest BCUT2D eigenvalue weighted by Gasteiger charge is 2.00. The van der Waals surface area contributed by atoms with Crippen LogP contribution in [0.25, 0.3) is 0 Å². The van der Waals surface area contributed by atoms with E-state index in [9.17, 15) is 0 Å². The van der Waals surface area contributed by atoms with Gasteiger partial charge in [-0.15, -0.1) is 11.3 Å². The fourth-order valence-corrected chi connectivity index (χ4v) is 2.58. The molecule has 0 saturated heterocycles. The molecule has 0 saturated carbocycles. The number of hydrogen-bond donors (Lipinski definition) is 1. The first-order valence-corrected chi connectivity index (χ1v) is 5.95. The highest BCUT2D eigenvalue weighted by atomic mass is 79.9. The Morgan fingerprint density at radius 1 is 1.62 bits per heavy atom. The maximum Gasteiger partial charge on any atom is 0.0475 e. The average Bonchev–Trinajstić information content (AvgIpc) is 2.49. The van der Waals surface area contributed by atoms with Crippen LogP contribution in [0, 0.1) is 0 Å². The van der Waals surface area contributed by atoms with Gasteiger partial charge >= 0.3 is 0 Å². The van der Waals surface area contributed by atoms with Gasteiger partial charge in [0.15, 0.2) is 0 Å². The van der Waals surface area contributed by atoms with Gasteiger partial charge in [0.2, 0.25) is 0 Å². The molecule has 1 rings (SSSR count). The van der Waals surface area contributed by atoms with Crippen molar-refractivity contribution in [3.05, 3.63) is 20.8 Å². The van der Waals surface area contributed by atoms with Gasteiger partial charge in [-0.1, -0.05) is 0 Å². The summed E-state index contributed by atoms with van der Waals surface area (Å²) >= 11 is 5.27. The molecule has 1 N–H and O–H groups in total. The van der Waals surface area contributed by atoms with Gasteiger partial charge in [0.25, 0.3) is 0 Å². The normalized spacial score (nSPS) is 11.1. The number of halogens is 1. The maximum atomic E-state index is 3.45. The van der Waals surface area contributed by atoms with Crippen molar-refractivity contribution >= 4 is 27.3 Å². The van der Waals surface area contributed by atoms with Crippen LogP contribution in [0.4, 0.5) is 0 Å². The van der Waals surface area contributed by atoms with Crippen LogP contribution in [0.3, 0.4) is 0 Å². The third kappa shape index (κ3) is 4.22. The highest BCUT2D eigenvalue weighted by Crippen LogP contribution is 2.19. The Morgan fingerprint density at radius 3 is 2.92 bits per heavy atom. The summed E-state index contributed by atoms with van der Waals surface area (Å²) in [6.07, 6.45) is 1.13. The first kappa shape index (κ1) is 11.2. The van der Waals surface area contributed by atoms with Crippen molar-refractivity contribution in [2.75, 3.05) is 27.3 Å². The minimum absolute atomic E-state index is 0.951. The Balaban J connectivity index is 2.26. The molecule has 0 unspecified atom stereocenters. The molecular weight excluding hydrogens is 248 g/mol. The second-order valence-electron chi connectivity index (χ2n) is 3.07. The quantitative estimate of drug-likeness (QED) is 0.819. The molecule has 0 aliphatic heterocycles. The van der Waals surface area contributed by atoms with Crippen molar-refractivity contribution in [1.29, 1.82) is 0 Å². The summed E-state index contributed by atoms with van der Waals surface area (Å²) in [6.45, 7) is 2.06. The third-order valence-electron chi connectivity index (χ3n) is 1.79. The summed E-state index contributed by atoms with van der Waals surface area (Å²) in [7, 11) is 4.09. The molecule has 0 radical (unpaired) electrons. The van der Waals surface area contributed by atoms with Crippen LogP contribution >= 0.6 is 27.3 Å². The van der Waals surface area contributed by atoms with Crippen molar-refractivity contribution in [2.24, 2.45) is 0 Å². The standard InChI is InChI=1S/C9H15BrN2S/c1-11-7-12(2)4-3-9-5-8(10)6-13-9/h5-6,11H,3-4,7H2,1-2H3. The largest absolute Gasteiger partial charge is 0.307 e. The van der Waals surface area contributed by atoms with Gasteiger partial charge < -0.3 is 5.32 Å². The summed E-state index contributed by atoms with van der Waals surface area (Å²) in [5.41, 5.74) is 0. The molecule has 0 aliphatic rings. The lowest BCUT2D eigenvalue weighted by atomic mass is 10.3. The Kier molecular flexibility index (Phi) is 4.94. The summed E-state index contributed by atoms with van der Waals surface area (Å²) in [6, 6.07) is 2.19. The number of rotatable bonds is 5. The minimum Gasteiger partial charge on any atom is -0.307 e. The lowest BCUT2D eigenvalue weighted by Crippen LogP contribution is -2.30. The summed E-state index contributed by atoms with van der Waals surface area (Å²) < 4.78 is 1.20. The molecule has 0 amide bonds. The van der Waals surface area contributed by atoms with Gasteiger partial charge in [-0.2, -0.15) is 0 Å². The lowest BCUT2D eigenvalue weighted by molar-refractivity contribution is 0.322. The molecule has 2 nitrogen and oxygen atoms in total. The number of likely N-dealkylation sites (N-methyl/N-ethyl adjacent to an activating group) is 1. The summed E-state index contributed by atoms with van der Waals surface area (Å²) in [4.78, 5) is 3.71. The van der Waals surface area contributed by atoms with Gasteiger partial charge in [-0.05, 0) is 42.5 Å². The molecule has 1 aromatic rings. The maximum absolute atomic E-state index is 3.45. The Labute approximate surface area is 92.1 Å². The molecule has 13 heavy (non-hydrogen) atoms. The van der Waals surface area contributed by atoms with Crippen molar-refractivity contribution in [3.63, 3.8) is 0 Å². The van der Waals surface area contributed by atoms with Crippen molar-refractivity contribution < 1.29 is 0 Å². The number of nitrogens with zero attached hydrogens (tertiary/aromatic N) is 1. The SMILES string of the molecule is CNCN(C)CCc1cc(Br)cs1. The molecule has 74 valence electrons.